The maximum Gasteiger partial charge on any atom is 0.268 e. The van der Waals surface area contributed by atoms with E-state index in [-0.39, 0.29) is 11.7 Å². The third-order valence-electron chi connectivity index (χ3n) is 6.50. The van der Waals surface area contributed by atoms with Crippen LogP contribution < -0.4 is 14.8 Å². The number of amides is 1. The van der Waals surface area contributed by atoms with Gasteiger partial charge < -0.3 is 15.2 Å². The number of hydrogen-bond donors (Lipinski definition) is 3. The SMILES string of the molecule is CS(=O)(=O)NC(=O)c1ccc(-c2ccc(CCNC[C@H](O)c3ccccc3)cc2)cc1OC1CCCC1. The Morgan fingerprint density at radius 2 is 1.68 bits per heavy atom. The predicted molar refractivity (Wildman–Crippen MR) is 145 cm³/mol. The van der Waals surface area contributed by atoms with Crippen LogP contribution >= 0.6 is 0 Å². The van der Waals surface area contributed by atoms with Crippen LogP contribution in [0.1, 0.15) is 53.3 Å². The van der Waals surface area contributed by atoms with E-state index in [1.54, 1.807) is 12.1 Å². The van der Waals surface area contributed by atoms with E-state index < -0.39 is 22.0 Å². The summed E-state index contributed by atoms with van der Waals surface area (Å²) >= 11 is 0. The Balaban J connectivity index is 1.40. The van der Waals surface area contributed by atoms with Crippen LogP contribution in [-0.4, -0.2) is 44.9 Å². The zero-order valence-electron chi connectivity index (χ0n) is 21.0. The number of carbonyl (C=O) groups excluding carboxylic acids is 1. The van der Waals surface area contributed by atoms with E-state index in [1.807, 2.05) is 53.3 Å². The van der Waals surface area contributed by atoms with E-state index in [9.17, 15) is 18.3 Å². The first kappa shape index (κ1) is 26.9. The minimum absolute atomic E-state index is 0.0234. The monoisotopic (exact) mass is 522 g/mol. The molecule has 0 heterocycles. The summed E-state index contributed by atoms with van der Waals surface area (Å²) in [4.78, 5) is 12.6. The number of aliphatic hydroxyl groups excluding tert-OH is 1. The lowest BCUT2D eigenvalue weighted by atomic mass is 10.0. The summed E-state index contributed by atoms with van der Waals surface area (Å²) < 4.78 is 31.4. The predicted octanol–water partition coefficient (Wildman–Crippen LogP) is 4.23. The first-order valence-corrected chi connectivity index (χ1v) is 14.5. The topological polar surface area (TPSA) is 105 Å². The number of ether oxygens (including phenoxy) is 1. The number of nitrogens with one attached hydrogen (secondary N) is 2. The summed E-state index contributed by atoms with van der Waals surface area (Å²) in [6.45, 7) is 1.23. The van der Waals surface area contributed by atoms with Crippen molar-refractivity contribution in [1.82, 2.24) is 10.0 Å². The molecular formula is C29H34N2O5S. The van der Waals surface area contributed by atoms with Crippen molar-refractivity contribution in [2.24, 2.45) is 0 Å². The van der Waals surface area contributed by atoms with Crippen molar-refractivity contribution in [1.29, 1.82) is 0 Å². The Morgan fingerprint density at radius 1 is 1.00 bits per heavy atom. The first-order valence-electron chi connectivity index (χ1n) is 12.6. The number of hydrogen-bond acceptors (Lipinski definition) is 6. The van der Waals surface area contributed by atoms with Crippen LogP contribution in [0.5, 0.6) is 5.75 Å². The molecule has 196 valence electrons. The molecule has 0 aromatic heterocycles. The second-order valence-electron chi connectivity index (χ2n) is 9.52. The average molecular weight is 523 g/mol. The minimum Gasteiger partial charge on any atom is -0.490 e. The molecule has 0 radical (unpaired) electrons. The molecule has 0 bridgehead atoms. The fraction of sp³-hybridized carbons (Fsp3) is 0.345. The Bertz CT molecular complexity index is 1290. The quantitative estimate of drug-likeness (QED) is 0.326. The summed E-state index contributed by atoms with van der Waals surface area (Å²) in [7, 11) is -3.69. The van der Waals surface area contributed by atoms with Crippen molar-refractivity contribution in [2.75, 3.05) is 19.3 Å². The third kappa shape index (κ3) is 7.89. The van der Waals surface area contributed by atoms with Crippen LogP contribution in [0.25, 0.3) is 11.1 Å². The van der Waals surface area contributed by atoms with Crippen molar-refractivity contribution < 1.29 is 23.1 Å². The largest absolute Gasteiger partial charge is 0.490 e. The maximum absolute atomic E-state index is 12.6. The average Bonchev–Trinajstić information content (AvgIpc) is 3.39. The number of aliphatic hydroxyl groups is 1. The molecule has 3 aromatic carbocycles. The fourth-order valence-electron chi connectivity index (χ4n) is 4.52. The van der Waals surface area contributed by atoms with Gasteiger partial charge in [-0.15, -0.1) is 0 Å². The third-order valence-corrected chi connectivity index (χ3v) is 7.06. The van der Waals surface area contributed by atoms with Crippen LogP contribution in [-0.2, 0) is 16.4 Å². The van der Waals surface area contributed by atoms with Gasteiger partial charge in [-0.3, -0.25) is 4.79 Å². The molecule has 37 heavy (non-hydrogen) atoms. The molecule has 0 aliphatic heterocycles. The first-order chi connectivity index (χ1) is 17.8. The highest BCUT2D eigenvalue weighted by Gasteiger charge is 2.22. The van der Waals surface area contributed by atoms with Crippen LogP contribution in [0.3, 0.4) is 0 Å². The smallest absolute Gasteiger partial charge is 0.268 e. The lowest BCUT2D eigenvalue weighted by Crippen LogP contribution is -2.30. The number of sulfonamides is 1. The Morgan fingerprint density at radius 3 is 2.35 bits per heavy atom. The second kappa shape index (κ2) is 12.4. The second-order valence-corrected chi connectivity index (χ2v) is 11.3. The highest BCUT2D eigenvalue weighted by Crippen LogP contribution is 2.31. The molecule has 1 amide bonds. The lowest BCUT2D eigenvalue weighted by Gasteiger charge is -2.17. The van der Waals surface area contributed by atoms with Crippen LogP contribution in [0.4, 0.5) is 0 Å². The van der Waals surface area contributed by atoms with Gasteiger partial charge in [-0.2, -0.15) is 0 Å². The number of benzene rings is 3. The molecule has 3 N–H and O–H groups in total. The molecule has 4 rings (SSSR count). The standard InChI is InChI=1S/C29H34N2O5S/c1-37(34,35)31-29(33)26-16-15-24(19-28(26)36-25-9-5-6-10-25)22-13-11-21(12-14-22)17-18-30-20-27(32)23-7-3-2-4-8-23/h2-4,7-8,11-16,19,25,27,30,32H,5-6,9-10,17-18,20H2,1H3,(H,31,33)/t27-/m0/s1. The van der Waals surface area contributed by atoms with Gasteiger partial charge >= 0.3 is 0 Å². The molecule has 1 aliphatic carbocycles. The molecule has 7 nitrogen and oxygen atoms in total. The molecule has 0 spiro atoms. The zero-order valence-corrected chi connectivity index (χ0v) is 21.8. The molecule has 3 aromatic rings. The lowest BCUT2D eigenvalue weighted by molar-refractivity contribution is 0.0974. The molecular weight excluding hydrogens is 488 g/mol. The number of rotatable bonds is 11. The molecule has 8 heteroatoms. The summed E-state index contributed by atoms with van der Waals surface area (Å²) in [5, 5.41) is 13.6. The fourth-order valence-corrected chi connectivity index (χ4v) is 4.97. The molecule has 1 fully saturated rings. The van der Waals surface area contributed by atoms with Gasteiger partial charge in [0.15, 0.2) is 0 Å². The van der Waals surface area contributed by atoms with Crippen LogP contribution in [0, 0.1) is 0 Å². The van der Waals surface area contributed by atoms with Crippen molar-refractivity contribution >= 4 is 15.9 Å². The van der Waals surface area contributed by atoms with Gasteiger partial charge in [0.25, 0.3) is 5.91 Å². The Labute approximate surface area is 218 Å². The molecule has 1 aliphatic rings. The summed E-state index contributed by atoms with van der Waals surface area (Å²) in [6, 6.07) is 23.0. The Hall–Kier alpha value is -3.20. The highest BCUT2D eigenvalue weighted by molar-refractivity contribution is 7.89. The van der Waals surface area contributed by atoms with Gasteiger partial charge in [0.2, 0.25) is 10.0 Å². The van der Waals surface area contributed by atoms with Crippen molar-refractivity contribution in [3.05, 3.63) is 89.5 Å². The van der Waals surface area contributed by atoms with E-state index in [0.29, 0.717) is 12.3 Å². The molecule has 0 saturated heterocycles. The maximum atomic E-state index is 12.6. The minimum atomic E-state index is -3.69. The van der Waals surface area contributed by atoms with E-state index in [1.165, 1.54) is 0 Å². The molecule has 1 saturated carbocycles. The van der Waals surface area contributed by atoms with Gasteiger partial charge in [0.1, 0.15) is 5.75 Å². The summed E-state index contributed by atoms with van der Waals surface area (Å²) in [5.41, 5.74) is 4.14. The molecule has 0 unspecified atom stereocenters. The van der Waals surface area contributed by atoms with Crippen molar-refractivity contribution in [2.45, 2.75) is 44.3 Å². The zero-order chi connectivity index (χ0) is 26.3. The van der Waals surface area contributed by atoms with E-state index >= 15 is 0 Å². The summed E-state index contributed by atoms with van der Waals surface area (Å²) in [6.07, 6.45) is 5.27. The Kier molecular flexibility index (Phi) is 8.97. The molecule has 1 atom stereocenters. The van der Waals surface area contributed by atoms with Crippen molar-refractivity contribution in [3.8, 4) is 16.9 Å². The van der Waals surface area contributed by atoms with Crippen LogP contribution in [0.2, 0.25) is 0 Å². The van der Waals surface area contributed by atoms with Gasteiger partial charge in [-0.25, -0.2) is 13.1 Å². The van der Waals surface area contributed by atoms with Gasteiger partial charge in [-0.1, -0.05) is 60.7 Å². The summed E-state index contributed by atoms with van der Waals surface area (Å²) in [5.74, 6) is -0.293. The van der Waals surface area contributed by atoms with Gasteiger partial charge in [0.05, 0.1) is 24.0 Å². The highest BCUT2D eigenvalue weighted by atomic mass is 32.2. The van der Waals surface area contributed by atoms with Gasteiger partial charge in [0, 0.05) is 6.54 Å². The number of carbonyl (C=O) groups is 1. The van der Waals surface area contributed by atoms with Crippen molar-refractivity contribution in [3.63, 3.8) is 0 Å². The normalized spacial score (nSPS) is 14.9. The van der Waals surface area contributed by atoms with Gasteiger partial charge in [-0.05, 0) is 73.0 Å². The van der Waals surface area contributed by atoms with E-state index in [0.717, 1.165) is 67.2 Å². The van der Waals surface area contributed by atoms with E-state index in [4.69, 9.17) is 4.74 Å². The van der Waals surface area contributed by atoms with Crippen LogP contribution in [0.15, 0.2) is 72.8 Å². The van der Waals surface area contributed by atoms with E-state index in [2.05, 4.69) is 17.4 Å².